The molecule has 280 valence electrons. The van der Waals surface area contributed by atoms with Crippen molar-refractivity contribution in [2.75, 3.05) is 38.3 Å². The Bertz CT molecular complexity index is 1590. The Morgan fingerprint density at radius 3 is 2.52 bits per heavy atom. The minimum absolute atomic E-state index is 0.0609. The van der Waals surface area contributed by atoms with Crippen LogP contribution in [0, 0.1) is 11.8 Å². The molecule has 7 atom stereocenters. The van der Waals surface area contributed by atoms with Crippen molar-refractivity contribution in [2.45, 2.75) is 81.3 Å². The standard InChI is InChI=1S/C40H50ClN3O8/c1-4-6-20-32(46)42-29(26-50-3)35(27-16-10-9-11-17-27)51-39(49)33-31-21-22-40(52-31)34(33)37(47)44(24-14-7-8-15-25-45)36(40)38(48)43(23-5-2)30-19-13-12-18-28(30)41/h4-5,9-13,16-19,29,31,33-36,45H,1-2,6-8,14-15,20-26H2,3H3,(H,42,46)/t29-,31-,33+,34+,35-,36-,40+/m0/s1. The van der Waals surface area contributed by atoms with Gasteiger partial charge in [0, 0.05) is 33.2 Å². The van der Waals surface area contributed by atoms with Crippen LogP contribution in [-0.4, -0.2) is 90.9 Å². The SMILES string of the molecule is C=CCCC(=O)N[C@@H](COC)[C@@H](OC(=O)[C@@H]1[C@@H]2CC[C@]3(O2)[C@H](C(=O)N(CC=C)c2ccccc2Cl)N(CCCCCCO)C(=O)[C@@H]13)c1ccccc1. The summed E-state index contributed by atoms with van der Waals surface area (Å²) in [5.74, 6) is -3.50. The first kappa shape index (κ1) is 39.2. The number of hydrogen-bond acceptors (Lipinski definition) is 8. The highest BCUT2D eigenvalue weighted by Crippen LogP contribution is 2.59. The molecule has 0 radical (unpaired) electrons. The topological polar surface area (TPSA) is 135 Å². The number of esters is 1. The summed E-state index contributed by atoms with van der Waals surface area (Å²) in [5, 5.41) is 12.6. The number of nitrogens with zero attached hydrogens (tertiary/aromatic N) is 2. The predicted octanol–water partition coefficient (Wildman–Crippen LogP) is 5.17. The minimum Gasteiger partial charge on any atom is -0.455 e. The monoisotopic (exact) mass is 735 g/mol. The van der Waals surface area contributed by atoms with Crippen molar-refractivity contribution in [1.82, 2.24) is 10.2 Å². The van der Waals surface area contributed by atoms with Gasteiger partial charge in [0.15, 0.2) is 0 Å². The van der Waals surface area contributed by atoms with Gasteiger partial charge in [0.05, 0.1) is 41.3 Å². The van der Waals surface area contributed by atoms with E-state index in [1.54, 1.807) is 41.3 Å². The van der Waals surface area contributed by atoms with Gasteiger partial charge in [-0.25, -0.2) is 0 Å². The fraction of sp³-hybridized carbons (Fsp3) is 0.500. The number of allylic oxidation sites excluding steroid dienone is 1. The molecule has 5 rings (SSSR count). The molecule has 11 nitrogen and oxygen atoms in total. The van der Waals surface area contributed by atoms with Crippen LogP contribution in [0.3, 0.4) is 0 Å². The van der Waals surface area contributed by atoms with E-state index in [2.05, 4.69) is 18.5 Å². The molecular weight excluding hydrogens is 686 g/mol. The first-order chi connectivity index (χ1) is 25.2. The molecule has 2 N–H and O–H groups in total. The fourth-order valence-corrected chi connectivity index (χ4v) is 8.31. The number of para-hydroxylation sites is 1. The summed E-state index contributed by atoms with van der Waals surface area (Å²) in [5.41, 5.74) is -0.130. The van der Waals surface area contributed by atoms with Crippen LogP contribution in [0.25, 0.3) is 0 Å². The molecule has 0 saturated carbocycles. The summed E-state index contributed by atoms with van der Waals surface area (Å²) >= 11 is 6.60. The first-order valence-electron chi connectivity index (χ1n) is 18.1. The van der Waals surface area contributed by atoms with Gasteiger partial charge < -0.3 is 34.4 Å². The van der Waals surface area contributed by atoms with Crippen molar-refractivity contribution in [3.8, 4) is 0 Å². The minimum atomic E-state index is -1.26. The third-order valence-corrected chi connectivity index (χ3v) is 10.7. The lowest BCUT2D eigenvalue weighted by Gasteiger charge is -2.37. The van der Waals surface area contributed by atoms with Crippen LogP contribution in [0.2, 0.25) is 5.02 Å². The van der Waals surface area contributed by atoms with E-state index in [1.165, 1.54) is 12.0 Å². The van der Waals surface area contributed by atoms with E-state index in [4.69, 9.17) is 25.8 Å². The van der Waals surface area contributed by atoms with E-state index >= 15 is 0 Å². The van der Waals surface area contributed by atoms with Gasteiger partial charge >= 0.3 is 5.97 Å². The van der Waals surface area contributed by atoms with Crippen LogP contribution in [0.1, 0.15) is 63.0 Å². The lowest BCUT2D eigenvalue weighted by atomic mass is 9.70. The highest BCUT2D eigenvalue weighted by molar-refractivity contribution is 6.34. The molecule has 0 aromatic heterocycles. The van der Waals surface area contributed by atoms with Gasteiger partial charge in [-0.3, -0.25) is 19.2 Å². The summed E-state index contributed by atoms with van der Waals surface area (Å²) in [6.45, 7) is 8.12. The second-order valence-electron chi connectivity index (χ2n) is 13.6. The molecule has 3 amide bonds. The van der Waals surface area contributed by atoms with Crippen LogP contribution in [-0.2, 0) is 33.4 Å². The fourth-order valence-electron chi connectivity index (χ4n) is 8.07. The molecule has 2 aromatic carbocycles. The molecule has 3 aliphatic rings. The molecular formula is C40H50ClN3O8. The summed E-state index contributed by atoms with van der Waals surface area (Å²) in [4.78, 5) is 60.0. The molecule has 3 saturated heterocycles. The van der Waals surface area contributed by atoms with E-state index in [-0.39, 0.29) is 50.4 Å². The largest absolute Gasteiger partial charge is 0.455 e. The molecule has 0 aliphatic carbocycles. The van der Waals surface area contributed by atoms with Crippen molar-refractivity contribution in [1.29, 1.82) is 0 Å². The van der Waals surface area contributed by atoms with Crippen molar-refractivity contribution in [2.24, 2.45) is 11.8 Å². The lowest BCUT2D eigenvalue weighted by Crippen LogP contribution is -2.56. The summed E-state index contributed by atoms with van der Waals surface area (Å²) in [6, 6.07) is 14.4. The molecule has 1 spiro atoms. The molecule has 52 heavy (non-hydrogen) atoms. The quantitative estimate of drug-likeness (QED) is 0.108. The lowest BCUT2D eigenvalue weighted by molar-refractivity contribution is -0.163. The van der Waals surface area contributed by atoms with E-state index in [0.717, 1.165) is 12.8 Å². The number of aliphatic hydroxyl groups excluding tert-OH is 1. The summed E-state index contributed by atoms with van der Waals surface area (Å²) < 4.78 is 18.5. The van der Waals surface area contributed by atoms with Crippen molar-refractivity contribution >= 4 is 41.0 Å². The second-order valence-corrected chi connectivity index (χ2v) is 14.0. The zero-order valence-corrected chi connectivity index (χ0v) is 30.5. The summed E-state index contributed by atoms with van der Waals surface area (Å²) in [7, 11) is 1.51. The van der Waals surface area contributed by atoms with E-state index in [9.17, 15) is 24.3 Å². The maximum Gasteiger partial charge on any atom is 0.313 e. The number of rotatable bonds is 20. The van der Waals surface area contributed by atoms with E-state index in [0.29, 0.717) is 48.4 Å². The number of methoxy groups -OCH3 is 1. The third kappa shape index (κ3) is 8.12. The van der Waals surface area contributed by atoms with Gasteiger partial charge in [-0.2, -0.15) is 0 Å². The molecule has 2 aromatic rings. The van der Waals surface area contributed by atoms with Gasteiger partial charge in [0.1, 0.15) is 17.7 Å². The maximum atomic E-state index is 14.8. The number of benzene rings is 2. The predicted molar refractivity (Wildman–Crippen MR) is 197 cm³/mol. The Morgan fingerprint density at radius 2 is 1.83 bits per heavy atom. The van der Waals surface area contributed by atoms with Crippen LogP contribution >= 0.6 is 11.6 Å². The van der Waals surface area contributed by atoms with Gasteiger partial charge in [0.25, 0.3) is 5.91 Å². The molecule has 12 heteroatoms. The number of amides is 3. The third-order valence-electron chi connectivity index (χ3n) is 10.3. The van der Waals surface area contributed by atoms with E-state index in [1.807, 2.05) is 30.3 Å². The zero-order chi connectivity index (χ0) is 37.3. The van der Waals surface area contributed by atoms with Gasteiger partial charge in [-0.15, -0.1) is 13.2 Å². The first-order valence-corrected chi connectivity index (χ1v) is 18.5. The van der Waals surface area contributed by atoms with Crippen LogP contribution in [0.4, 0.5) is 5.69 Å². The number of carbonyl (C=O) groups excluding carboxylic acids is 4. The molecule has 3 fully saturated rings. The van der Waals surface area contributed by atoms with Crippen LogP contribution in [0.15, 0.2) is 79.9 Å². The number of unbranched alkanes of at least 4 members (excludes halogenated alkanes) is 3. The number of ether oxygens (including phenoxy) is 3. The normalized spacial score (nSPS) is 24.2. The number of carbonyl (C=O) groups is 4. The van der Waals surface area contributed by atoms with Crippen molar-refractivity contribution in [3.63, 3.8) is 0 Å². The van der Waals surface area contributed by atoms with Gasteiger partial charge in [0.2, 0.25) is 11.8 Å². The maximum absolute atomic E-state index is 14.8. The van der Waals surface area contributed by atoms with Crippen molar-refractivity contribution in [3.05, 3.63) is 90.5 Å². The van der Waals surface area contributed by atoms with Crippen molar-refractivity contribution < 1.29 is 38.5 Å². The highest BCUT2D eigenvalue weighted by Gasteiger charge is 2.75. The van der Waals surface area contributed by atoms with Crippen LogP contribution in [0.5, 0.6) is 0 Å². The van der Waals surface area contributed by atoms with Gasteiger partial charge in [-0.1, -0.05) is 79.1 Å². The Balaban J connectivity index is 1.49. The number of likely N-dealkylation sites (tertiary alicyclic amines) is 1. The summed E-state index contributed by atoms with van der Waals surface area (Å²) in [6.07, 6.45) is 6.01. The Kier molecular flexibility index (Phi) is 13.7. The van der Waals surface area contributed by atoms with Gasteiger partial charge in [-0.05, 0) is 49.8 Å². The molecule has 2 bridgehead atoms. The number of aliphatic hydroxyl groups is 1. The Morgan fingerprint density at radius 1 is 1.10 bits per heavy atom. The highest BCUT2D eigenvalue weighted by atomic mass is 35.5. The zero-order valence-electron chi connectivity index (χ0n) is 29.8. The smallest absolute Gasteiger partial charge is 0.313 e. The molecule has 3 heterocycles. The molecule has 0 unspecified atom stereocenters. The Hall–Kier alpha value is -4.03. The van der Waals surface area contributed by atoms with E-state index < -0.39 is 47.7 Å². The average molecular weight is 736 g/mol. The number of fused-ring (bicyclic) bond motifs is 1. The Labute approximate surface area is 310 Å². The average Bonchev–Trinajstić information content (AvgIpc) is 3.79. The number of anilines is 1. The number of hydrogen-bond donors (Lipinski definition) is 2. The molecule has 3 aliphatic heterocycles. The van der Waals surface area contributed by atoms with Crippen LogP contribution < -0.4 is 10.2 Å². The number of nitrogens with one attached hydrogen (secondary N) is 1. The second kappa shape index (κ2) is 18.1. The number of halogens is 1.